The number of nitrogens with zero attached hydrogens (tertiary/aromatic N) is 2. The lowest BCUT2D eigenvalue weighted by Gasteiger charge is -2.25. The summed E-state index contributed by atoms with van der Waals surface area (Å²) in [6.07, 6.45) is 0.348. The highest BCUT2D eigenvalue weighted by Gasteiger charge is 2.28. The quantitative estimate of drug-likeness (QED) is 0.498. The van der Waals surface area contributed by atoms with Crippen molar-refractivity contribution in [1.82, 2.24) is 4.90 Å². The van der Waals surface area contributed by atoms with E-state index >= 15 is 0 Å². The number of carbonyl (C=O) groups excluding carboxylic acids is 1. The summed E-state index contributed by atoms with van der Waals surface area (Å²) in [6, 6.07) is 23.1. The van der Waals surface area contributed by atoms with E-state index in [9.17, 15) is 4.79 Å². The lowest BCUT2D eigenvalue weighted by molar-refractivity contribution is 0.0405. The largest absolute Gasteiger partial charge is 0.497 e. The van der Waals surface area contributed by atoms with Crippen molar-refractivity contribution in [1.29, 1.82) is 0 Å². The van der Waals surface area contributed by atoms with Gasteiger partial charge < -0.3 is 19.2 Å². The van der Waals surface area contributed by atoms with Crippen LogP contribution in [0.25, 0.3) is 0 Å². The monoisotopic (exact) mass is 444 g/mol. The molecule has 6 nitrogen and oxygen atoms in total. The zero-order valence-electron chi connectivity index (χ0n) is 19.2. The standard InChI is InChI=1S/C27H28N2O4/c1-19-11-13-21(14-12-19)27(30)29(17-20-7-6-8-22(15-20)31-2)18-23-16-25(28-33-23)24-9-4-5-10-26(24)32-3/h4-15,23H,16-18H2,1-3H3. The van der Waals surface area contributed by atoms with Crippen molar-refractivity contribution in [2.45, 2.75) is 26.0 Å². The minimum Gasteiger partial charge on any atom is -0.497 e. The van der Waals surface area contributed by atoms with Crippen LogP contribution in [0.3, 0.4) is 0 Å². The van der Waals surface area contributed by atoms with Gasteiger partial charge in [0.1, 0.15) is 11.5 Å². The number of hydrogen-bond donors (Lipinski definition) is 0. The second-order valence-electron chi connectivity index (χ2n) is 8.07. The van der Waals surface area contributed by atoms with E-state index in [2.05, 4.69) is 5.16 Å². The highest BCUT2D eigenvalue weighted by atomic mass is 16.6. The molecule has 3 aromatic rings. The SMILES string of the molecule is COc1cccc(CN(CC2CC(c3ccccc3OC)=NO2)C(=O)c2ccc(C)cc2)c1. The molecule has 3 aromatic carbocycles. The summed E-state index contributed by atoms with van der Waals surface area (Å²) in [5.41, 5.74) is 4.47. The third-order valence-corrected chi connectivity index (χ3v) is 5.67. The molecule has 0 saturated carbocycles. The second kappa shape index (κ2) is 10.2. The van der Waals surface area contributed by atoms with E-state index in [-0.39, 0.29) is 12.0 Å². The number of hydrogen-bond acceptors (Lipinski definition) is 5. The molecule has 0 fully saturated rings. The Labute approximate surface area is 194 Å². The molecule has 6 heteroatoms. The molecule has 1 unspecified atom stereocenters. The molecule has 4 rings (SSSR count). The van der Waals surface area contributed by atoms with Crippen molar-refractivity contribution >= 4 is 11.6 Å². The Hall–Kier alpha value is -3.80. The zero-order valence-corrected chi connectivity index (χ0v) is 19.2. The number of benzene rings is 3. The molecule has 1 heterocycles. The predicted molar refractivity (Wildman–Crippen MR) is 128 cm³/mol. The highest BCUT2D eigenvalue weighted by Crippen LogP contribution is 2.26. The normalized spacial score (nSPS) is 14.9. The first-order valence-electron chi connectivity index (χ1n) is 10.9. The predicted octanol–water partition coefficient (Wildman–Crippen LogP) is 4.85. The molecule has 0 radical (unpaired) electrons. The van der Waals surface area contributed by atoms with E-state index in [1.165, 1.54) is 0 Å². The van der Waals surface area contributed by atoms with Crippen LogP contribution in [0.2, 0.25) is 0 Å². The molecule has 170 valence electrons. The van der Waals surface area contributed by atoms with E-state index in [1.54, 1.807) is 14.2 Å². The minimum atomic E-state index is -0.245. The average Bonchev–Trinajstić information content (AvgIpc) is 3.32. The lowest BCUT2D eigenvalue weighted by Crippen LogP contribution is -2.37. The van der Waals surface area contributed by atoms with Gasteiger partial charge in [-0.2, -0.15) is 0 Å². The number of rotatable bonds is 8. The summed E-state index contributed by atoms with van der Waals surface area (Å²) < 4.78 is 10.8. The van der Waals surface area contributed by atoms with E-state index in [1.807, 2.05) is 84.6 Å². The summed E-state index contributed by atoms with van der Waals surface area (Å²) in [7, 11) is 3.28. The first-order valence-corrected chi connectivity index (χ1v) is 10.9. The van der Waals surface area contributed by atoms with Crippen LogP contribution in [0.4, 0.5) is 0 Å². The van der Waals surface area contributed by atoms with E-state index in [4.69, 9.17) is 14.3 Å². The fraction of sp³-hybridized carbons (Fsp3) is 0.259. The summed E-state index contributed by atoms with van der Waals surface area (Å²) in [5, 5.41) is 4.31. The molecule has 1 atom stereocenters. The van der Waals surface area contributed by atoms with Crippen LogP contribution in [-0.2, 0) is 11.4 Å². The number of methoxy groups -OCH3 is 2. The van der Waals surface area contributed by atoms with Crippen molar-refractivity contribution in [2.24, 2.45) is 5.16 Å². The Bertz CT molecular complexity index is 1140. The number of oxime groups is 1. The number of carbonyl (C=O) groups is 1. The molecule has 1 aliphatic heterocycles. The summed E-state index contributed by atoms with van der Waals surface area (Å²) in [6.45, 7) is 2.85. The van der Waals surface area contributed by atoms with E-state index < -0.39 is 0 Å². The van der Waals surface area contributed by atoms with Crippen molar-refractivity contribution in [3.63, 3.8) is 0 Å². The van der Waals surface area contributed by atoms with Gasteiger partial charge >= 0.3 is 0 Å². The Morgan fingerprint density at radius 3 is 2.58 bits per heavy atom. The first-order chi connectivity index (χ1) is 16.1. The van der Waals surface area contributed by atoms with Crippen molar-refractivity contribution in [3.05, 3.63) is 95.1 Å². The van der Waals surface area contributed by atoms with Gasteiger partial charge in [-0.05, 0) is 48.9 Å². The van der Waals surface area contributed by atoms with Crippen LogP contribution in [0.1, 0.15) is 33.5 Å². The van der Waals surface area contributed by atoms with Crippen molar-refractivity contribution < 1.29 is 19.1 Å². The van der Waals surface area contributed by atoms with Crippen LogP contribution in [0.5, 0.6) is 11.5 Å². The smallest absolute Gasteiger partial charge is 0.254 e. The third kappa shape index (κ3) is 5.34. The highest BCUT2D eigenvalue weighted by molar-refractivity contribution is 6.03. The van der Waals surface area contributed by atoms with Gasteiger partial charge in [0.15, 0.2) is 6.10 Å². The average molecular weight is 445 g/mol. The molecule has 0 saturated heterocycles. The minimum absolute atomic E-state index is 0.0489. The topological polar surface area (TPSA) is 60.4 Å². The molecular formula is C27H28N2O4. The van der Waals surface area contributed by atoms with Crippen molar-refractivity contribution in [3.8, 4) is 11.5 Å². The zero-order chi connectivity index (χ0) is 23.2. The fourth-order valence-corrected chi connectivity index (χ4v) is 3.90. The van der Waals surface area contributed by atoms with Gasteiger partial charge in [0.25, 0.3) is 5.91 Å². The van der Waals surface area contributed by atoms with Gasteiger partial charge in [-0.25, -0.2) is 0 Å². The van der Waals surface area contributed by atoms with Crippen LogP contribution < -0.4 is 9.47 Å². The molecule has 0 N–H and O–H groups in total. The fourth-order valence-electron chi connectivity index (χ4n) is 3.90. The molecule has 1 amide bonds. The van der Waals surface area contributed by atoms with Gasteiger partial charge in [0, 0.05) is 24.1 Å². The lowest BCUT2D eigenvalue weighted by atomic mass is 10.0. The maximum Gasteiger partial charge on any atom is 0.254 e. The first kappa shape index (κ1) is 22.4. The maximum atomic E-state index is 13.4. The molecule has 0 bridgehead atoms. The third-order valence-electron chi connectivity index (χ3n) is 5.67. The number of ether oxygens (including phenoxy) is 2. The van der Waals surface area contributed by atoms with Crippen LogP contribution in [0.15, 0.2) is 78.0 Å². The molecular weight excluding hydrogens is 416 g/mol. The van der Waals surface area contributed by atoms with Crippen molar-refractivity contribution in [2.75, 3.05) is 20.8 Å². The summed E-state index contributed by atoms with van der Waals surface area (Å²) >= 11 is 0. The molecule has 0 spiro atoms. The van der Waals surface area contributed by atoms with Gasteiger partial charge in [-0.1, -0.05) is 47.1 Å². The van der Waals surface area contributed by atoms with Crippen LogP contribution >= 0.6 is 0 Å². The maximum absolute atomic E-state index is 13.4. The summed E-state index contributed by atoms with van der Waals surface area (Å²) in [5.74, 6) is 1.46. The van der Waals surface area contributed by atoms with Gasteiger partial charge in [-0.15, -0.1) is 0 Å². The van der Waals surface area contributed by atoms with Crippen LogP contribution in [0, 0.1) is 6.92 Å². The Kier molecular flexibility index (Phi) is 6.93. The second-order valence-corrected chi connectivity index (χ2v) is 8.07. The molecule has 1 aliphatic rings. The molecule has 33 heavy (non-hydrogen) atoms. The van der Waals surface area contributed by atoms with Gasteiger partial charge in [0.2, 0.25) is 0 Å². The summed E-state index contributed by atoms with van der Waals surface area (Å²) in [4.78, 5) is 21.0. The molecule has 0 aliphatic carbocycles. The van der Waals surface area contributed by atoms with E-state index in [0.717, 1.165) is 33.9 Å². The Morgan fingerprint density at radius 2 is 1.82 bits per heavy atom. The number of aryl methyl sites for hydroxylation is 1. The number of para-hydroxylation sites is 1. The Morgan fingerprint density at radius 1 is 1.03 bits per heavy atom. The number of amides is 1. The Balaban J connectivity index is 1.53. The van der Waals surface area contributed by atoms with E-state index in [0.29, 0.717) is 25.1 Å². The van der Waals surface area contributed by atoms with Crippen LogP contribution in [-0.4, -0.2) is 43.4 Å². The molecule has 0 aromatic heterocycles. The van der Waals surface area contributed by atoms with Gasteiger partial charge in [-0.3, -0.25) is 4.79 Å². The van der Waals surface area contributed by atoms with Gasteiger partial charge in [0.05, 0.1) is 26.5 Å².